The summed E-state index contributed by atoms with van der Waals surface area (Å²) in [5.41, 5.74) is 1.23. The number of hydrogen-bond donors (Lipinski definition) is 3. The van der Waals surface area contributed by atoms with Crippen LogP contribution < -0.4 is 0 Å². The van der Waals surface area contributed by atoms with Crippen LogP contribution in [0, 0.1) is 0 Å². The van der Waals surface area contributed by atoms with Gasteiger partial charge in [-0.05, 0) is 18.2 Å². The normalized spacial score (nSPS) is 10.4. The van der Waals surface area contributed by atoms with E-state index in [1.54, 1.807) is 6.07 Å². The van der Waals surface area contributed by atoms with Crippen molar-refractivity contribution in [1.29, 1.82) is 0 Å². The molecular weight excluding hydrogens is 241 g/mol. The van der Waals surface area contributed by atoms with Gasteiger partial charge in [0.15, 0.2) is 0 Å². The summed E-state index contributed by atoms with van der Waals surface area (Å²) in [5, 5.41) is 20.5. The SMILES string of the molecule is O=C(O)c1c(O)ccc2c1[nH]c1ccccc12.[Na]. The van der Waals surface area contributed by atoms with Crippen molar-refractivity contribution in [3.63, 3.8) is 0 Å². The fourth-order valence-corrected chi connectivity index (χ4v) is 2.12. The van der Waals surface area contributed by atoms with Gasteiger partial charge >= 0.3 is 5.97 Å². The Morgan fingerprint density at radius 2 is 1.78 bits per heavy atom. The summed E-state index contributed by atoms with van der Waals surface area (Å²) in [6.07, 6.45) is 0. The van der Waals surface area contributed by atoms with Gasteiger partial charge < -0.3 is 15.2 Å². The second-order valence-electron chi connectivity index (χ2n) is 3.86. The van der Waals surface area contributed by atoms with E-state index in [0.29, 0.717) is 5.52 Å². The topological polar surface area (TPSA) is 73.3 Å². The molecule has 0 aliphatic heterocycles. The largest absolute Gasteiger partial charge is 0.507 e. The Morgan fingerprint density at radius 3 is 2.50 bits per heavy atom. The van der Waals surface area contributed by atoms with E-state index in [-0.39, 0.29) is 40.9 Å². The molecule has 0 bridgehead atoms. The fraction of sp³-hybridized carbons (Fsp3) is 0. The van der Waals surface area contributed by atoms with E-state index in [1.807, 2.05) is 24.3 Å². The molecule has 0 atom stereocenters. The molecular formula is C13H9NNaO3. The smallest absolute Gasteiger partial charge is 0.341 e. The van der Waals surface area contributed by atoms with Gasteiger partial charge in [0, 0.05) is 45.8 Å². The summed E-state index contributed by atoms with van der Waals surface area (Å²) >= 11 is 0. The van der Waals surface area contributed by atoms with Crippen molar-refractivity contribution in [2.24, 2.45) is 0 Å². The molecule has 0 saturated heterocycles. The van der Waals surface area contributed by atoms with Crippen molar-refractivity contribution in [2.75, 3.05) is 0 Å². The predicted molar refractivity (Wildman–Crippen MR) is 70.2 cm³/mol. The molecule has 3 aromatic rings. The number of fused-ring (bicyclic) bond motifs is 3. The number of H-pyrrole nitrogens is 1. The van der Waals surface area contributed by atoms with Gasteiger partial charge in [0.25, 0.3) is 0 Å². The van der Waals surface area contributed by atoms with Gasteiger partial charge in [-0.1, -0.05) is 18.2 Å². The number of benzene rings is 2. The monoisotopic (exact) mass is 250 g/mol. The molecule has 0 unspecified atom stereocenters. The number of aromatic amines is 1. The molecule has 3 rings (SSSR count). The first-order chi connectivity index (χ1) is 8.18. The molecule has 0 aliphatic rings. The van der Waals surface area contributed by atoms with Crippen LogP contribution in [0.3, 0.4) is 0 Å². The molecule has 0 amide bonds. The Bertz CT molecular complexity index is 748. The molecule has 0 spiro atoms. The Morgan fingerprint density at radius 1 is 1.06 bits per heavy atom. The van der Waals surface area contributed by atoms with E-state index in [4.69, 9.17) is 5.11 Å². The van der Waals surface area contributed by atoms with Crippen LogP contribution >= 0.6 is 0 Å². The first-order valence-corrected chi connectivity index (χ1v) is 5.14. The average Bonchev–Trinajstić information content (AvgIpc) is 2.66. The number of carbonyl (C=O) groups is 1. The Kier molecular flexibility index (Phi) is 3.34. The van der Waals surface area contributed by atoms with Crippen LogP contribution in [0.4, 0.5) is 0 Å². The quantitative estimate of drug-likeness (QED) is 0.580. The van der Waals surface area contributed by atoms with Crippen LogP contribution in [0.1, 0.15) is 10.4 Å². The molecule has 1 heterocycles. The van der Waals surface area contributed by atoms with Crippen LogP contribution in [-0.2, 0) is 0 Å². The van der Waals surface area contributed by atoms with Crippen LogP contribution in [-0.4, -0.2) is 50.7 Å². The Balaban J connectivity index is 0.00000120. The van der Waals surface area contributed by atoms with Crippen molar-refractivity contribution in [3.8, 4) is 5.75 Å². The number of hydrogen-bond acceptors (Lipinski definition) is 2. The standard InChI is InChI=1S/C13H9NO3.Na/c15-10-6-5-8-7-3-1-2-4-9(7)14-12(8)11(10)13(16)17;/h1-6,14-15H,(H,16,17);. The number of aromatic hydroxyl groups is 1. The molecule has 85 valence electrons. The van der Waals surface area contributed by atoms with E-state index >= 15 is 0 Å². The van der Waals surface area contributed by atoms with Crippen molar-refractivity contribution in [2.45, 2.75) is 0 Å². The number of para-hydroxylation sites is 1. The second-order valence-corrected chi connectivity index (χ2v) is 3.86. The molecule has 0 saturated carbocycles. The van der Waals surface area contributed by atoms with Crippen LogP contribution in [0.25, 0.3) is 21.8 Å². The summed E-state index contributed by atoms with van der Waals surface area (Å²) in [7, 11) is 0. The number of rotatable bonds is 1. The van der Waals surface area contributed by atoms with Crippen LogP contribution in [0.2, 0.25) is 0 Å². The van der Waals surface area contributed by atoms with E-state index in [9.17, 15) is 9.90 Å². The zero-order valence-electron chi connectivity index (χ0n) is 9.77. The maximum absolute atomic E-state index is 11.1. The first kappa shape index (κ1) is 13.0. The van der Waals surface area contributed by atoms with Gasteiger partial charge in [-0.15, -0.1) is 0 Å². The van der Waals surface area contributed by atoms with Crippen LogP contribution in [0.5, 0.6) is 5.75 Å². The van der Waals surface area contributed by atoms with E-state index in [2.05, 4.69) is 4.98 Å². The van der Waals surface area contributed by atoms with Crippen molar-refractivity contribution >= 4 is 57.3 Å². The number of carboxylic acid groups (broad SMARTS) is 1. The minimum Gasteiger partial charge on any atom is -0.507 e. The summed E-state index contributed by atoms with van der Waals surface area (Å²) in [4.78, 5) is 14.2. The molecule has 5 heteroatoms. The summed E-state index contributed by atoms with van der Waals surface area (Å²) in [5.74, 6) is -1.36. The van der Waals surface area contributed by atoms with Gasteiger partial charge in [-0.25, -0.2) is 4.79 Å². The van der Waals surface area contributed by atoms with Crippen LogP contribution in [0.15, 0.2) is 36.4 Å². The summed E-state index contributed by atoms with van der Waals surface area (Å²) < 4.78 is 0. The minimum absolute atomic E-state index is 0. The number of nitrogens with one attached hydrogen (secondary N) is 1. The minimum atomic E-state index is -1.14. The Hall–Kier alpha value is -1.49. The number of aromatic nitrogens is 1. The molecule has 0 aliphatic carbocycles. The van der Waals surface area contributed by atoms with E-state index < -0.39 is 5.97 Å². The summed E-state index contributed by atoms with van der Waals surface area (Å²) in [6, 6.07) is 10.7. The third kappa shape index (κ3) is 1.79. The number of carboxylic acids is 1. The fourth-order valence-electron chi connectivity index (χ4n) is 2.12. The first-order valence-electron chi connectivity index (χ1n) is 5.14. The predicted octanol–water partition coefficient (Wildman–Crippen LogP) is 2.34. The molecule has 1 aromatic heterocycles. The third-order valence-electron chi connectivity index (χ3n) is 2.87. The van der Waals surface area contributed by atoms with Gasteiger partial charge in [0.1, 0.15) is 11.3 Å². The molecule has 18 heavy (non-hydrogen) atoms. The zero-order chi connectivity index (χ0) is 12.0. The third-order valence-corrected chi connectivity index (χ3v) is 2.87. The van der Waals surface area contributed by atoms with E-state index in [0.717, 1.165) is 16.3 Å². The maximum atomic E-state index is 11.1. The van der Waals surface area contributed by atoms with Gasteiger partial charge in [0.05, 0.1) is 5.52 Å². The number of aromatic carboxylic acids is 1. The van der Waals surface area contributed by atoms with E-state index in [1.165, 1.54) is 6.07 Å². The van der Waals surface area contributed by atoms with Crippen molar-refractivity contribution in [3.05, 3.63) is 42.0 Å². The molecule has 4 nitrogen and oxygen atoms in total. The summed E-state index contributed by atoms with van der Waals surface area (Å²) in [6.45, 7) is 0. The maximum Gasteiger partial charge on any atom is 0.341 e. The number of phenols is 1. The van der Waals surface area contributed by atoms with Crippen molar-refractivity contribution < 1.29 is 15.0 Å². The molecule has 0 fully saturated rings. The van der Waals surface area contributed by atoms with Gasteiger partial charge in [-0.3, -0.25) is 0 Å². The second kappa shape index (κ2) is 4.65. The molecule has 2 aromatic carbocycles. The van der Waals surface area contributed by atoms with Gasteiger partial charge in [0.2, 0.25) is 0 Å². The van der Waals surface area contributed by atoms with Gasteiger partial charge in [-0.2, -0.15) is 0 Å². The molecule has 1 radical (unpaired) electrons. The Labute approximate surface area is 125 Å². The average molecular weight is 250 g/mol. The van der Waals surface area contributed by atoms with Crippen molar-refractivity contribution in [1.82, 2.24) is 4.98 Å². The molecule has 3 N–H and O–H groups in total. The zero-order valence-corrected chi connectivity index (χ0v) is 11.8.